The van der Waals surface area contributed by atoms with Crippen molar-refractivity contribution in [3.8, 4) is 39.0 Å². The van der Waals surface area contributed by atoms with Gasteiger partial charge in [0.25, 0.3) is 0 Å². The van der Waals surface area contributed by atoms with E-state index in [0.717, 1.165) is 72.8 Å². The minimum Gasteiger partial charge on any atom is -0.481 e. The summed E-state index contributed by atoms with van der Waals surface area (Å²) in [4.78, 5) is 29.7. The first kappa shape index (κ1) is 25.9. The van der Waals surface area contributed by atoms with Crippen molar-refractivity contribution < 1.29 is 28.6 Å². The number of aliphatic carboxylic acids is 2. The van der Waals surface area contributed by atoms with Crippen molar-refractivity contribution in [2.24, 2.45) is 0 Å². The fraction of sp³-hybridized carbons (Fsp3) is 0.154. The molecule has 0 aromatic carbocycles. The summed E-state index contributed by atoms with van der Waals surface area (Å²) in [6.07, 6.45) is 0.703. The Kier molecular flexibility index (Phi) is 7.68. The van der Waals surface area contributed by atoms with Gasteiger partial charge in [-0.25, -0.2) is 0 Å². The Morgan fingerprint density at radius 1 is 0.568 bits per heavy atom. The normalized spacial score (nSPS) is 11.3. The largest absolute Gasteiger partial charge is 0.481 e. The number of thiophene rings is 5. The van der Waals surface area contributed by atoms with Crippen LogP contribution in [0, 0.1) is 10.3 Å². The predicted octanol–water partition coefficient (Wildman–Crippen LogP) is 8.97. The van der Waals surface area contributed by atoms with Crippen molar-refractivity contribution in [3.05, 3.63) is 69.9 Å². The maximum absolute atomic E-state index is 13.7. The number of hydrogen-bond acceptors (Lipinski definition) is 7. The van der Waals surface area contributed by atoms with Crippen LogP contribution in [0.25, 0.3) is 39.0 Å². The highest BCUT2D eigenvalue weighted by Gasteiger charge is 2.20. The third-order valence-corrected chi connectivity index (χ3v) is 11.5. The molecule has 0 aliphatic rings. The van der Waals surface area contributed by atoms with E-state index in [1.165, 1.54) is 34.8 Å². The minimum absolute atomic E-state index is 0.00873. The number of rotatable bonds is 10. The third kappa shape index (κ3) is 5.91. The molecule has 5 heterocycles. The van der Waals surface area contributed by atoms with Gasteiger partial charge in [-0.2, -0.15) is 8.78 Å². The molecule has 0 saturated carbocycles. The molecule has 11 heteroatoms. The molecular formula is C26H18F2O4S5. The van der Waals surface area contributed by atoms with Crippen LogP contribution in [-0.4, -0.2) is 22.2 Å². The molecule has 37 heavy (non-hydrogen) atoms. The second kappa shape index (κ2) is 11.0. The van der Waals surface area contributed by atoms with Gasteiger partial charge in [0.1, 0.15) is 0 Å². The number of hydrogen-bond donors (Lipinski definition) is 2. The fourth-order valence-electron chi connectivity index (χ4n) is 3.85. The van der Waals surface area contributed by atoms with Gasteiger partial charge in [-0.15, -0.1) is 56.7 Å². The zero-order valence-electron chi connectivity index (χ0n) is 19.0. The molecule has 2 N–H and O–H groups in total. The average Bonchev–Trinajstić information content (AvgIpc) is 3.65. The van der Waals surface area contributed by atoms with E-state index >= 15 is 0 Å². The van der Waals surface area contributed by atoms with Gasteiger partial charge in [-0.05, 0) is 72.5 Å². The molecular weight excluding hydrogens is 575 g/mol. The SMILES string of the molecule is O=C(O)CCc1cc(-c2ccc(F)s2)sc1-c1ccc(-c2sc(-c3ccc(F)s3)cc2CCC(=O)O)s1. The predicted molar refractivity (Wildman–Crippen MR) is 149 cm³/mol. The van der Waals surface area contributed by atoms with Gasteiger partial charge in [0.05, 0.1) is 0 Å². The number of carbonyl (C=O) groups is 2. The van der Waals surface area contributed by atoms with Crippen molar-refractivity contribution in [2.45, 2.75) is 25.7 Å². The van der Waals surface area contributed by atoms with E-state index in [9.17, 15) is 28.6 Å². The zero-order valence-corrected chi connectivity index (χ0v) is 23.0. The summed E-state index contributed by atoms with van der Waals surface area (Å²) in [6.45, 7) is 0. The number of carboxylic acids is 2. The molecule has 0 fully saturated rings. The van der Waals surface area contributed by atoms with Gasteiger partial charge < -0.3 is 10.2 Å². The van der Waals surface area contributed by atoms with Crippen LogP contribution < -0.4 is 0 Å². The maximum atomic E-state index is 13.7. The van der Waals surface area contributed by atoms with Crippen molar-refractivity contribution in [1.29, 1.82) is 0 Å². The molecule has 0 radical (unpaired) electrons. The molecule has 0 spiro atoms. The lowest BCUT2D eigenvalue weighted by Gasteiger charge is -2.01. The van der Waals surface area contributed by atoms with Crippen LogP contribution in [0.2, 0.25) is 0 Å². The van der Waals surface area contributed by atoms with E-state index < -0.39 is 11.9 Å². The van der Waals surface area contributed by atoms with Gasteiger partial charge in [0.2, 0.25) is 0 Å². The second-order valence-electron chi connectivity index (χ2n) is 8.09. The quantitative estimate of drug-likeness (QED) is 0.170. The van der Waals surface area contributed by atoms with Crippen LogP contribution in [0.15, 0.2) is 48.5 Å². The van der Waals surface area contributed by atoms with Gasteiger partial charge in [-0.3, -0.25) is 9.59 Å². The molecule has 0 saturated heterocycles. The Bertz CT molecular complexity index is 1470. The minimum atomic E-state index is -0.882. The first-order valence-electron chi connectivity index (χ1n) is 11.1. The van der Waals surface area contributed by atoms with E-state index in [2.05, 4.69) is 0 Å². The summed E-state index contributed by atoms with van der Waals surface area (Å²) in [5, 5.41) is 17.9. The fourth-order valence-corrected chi connectivity index (χ4v) is 9.19. The molecule has 5 rings (SSSR count). The van der Waals surface area contributed by atoms with Gasteiger partial charge >= 0.3 is 11.9 Å². The number of aryl methyl sites for hydroxylation is 2. The van der Waals surface area contributed by atoms with E-state index in [-0.39, 0.29) is 23.1 Å². The van der Waals surface area contributed by atoms with E-state index in [4.69, 9.17) is 0 Å². The Balaban J connectivity index is 1.53. The molecule has 0 atom stereocenters. The van der Waals surface area contributed by atoms with Crippen molar-refractivity contribution in [1.82, 2.24) is 0 Å². The molecule has 0 aliphatic heterocycles. The van der Waals surface area contributed by atoms with Crippen molar-refractivity contribution >= 4 is 68.6 Å². The highest BCUT2D eigenvalue weighted by Crippen LogP contribution is 2.48. The summed E-state index contributed by atoms with van der Waals surface area (Å²) in [7, 11) is 0. The maximum Gasteiger partial charge on any atom is 0.303 e. The number of carboxylic acid groups (broad SMARTS) is 2. The molecule has 190 valence electrons. The molecule has 0 amide bonds. The first-order chi connectivity index (χ1) is 17.8. The Hall–Kier alpha value is -2.70. The molecule has 5 aromatic heterocycles. The number of halogens is 2. The lowest BCUT2D eigenvalue weighted by molar-refractivity contribution is -0.138. The van der Waals surface area contributed by atoms with Crippen LogP contribution in [0.4, 0.5) is 8.78 Å². The Morgan fingerprint density at radius 3 is 1.32 bits per heavy atom. The summed E-state index contributed by atoms with van der Waals surface area (Å²) in [5.74, 6) is -1.76. The van der Waals surface area contributed by atoms with Gasteiger partial charge in [-0.1, -0.05) is 0 Å². The molecule has 0 bridgehead atoms. The topological polar surface area (TPSA) is 74.6 Å². The van der Waals surface area contributed by atoms with Gasteiger partial charge in [0, 0.05) is 51.9 Å². The Labute approximate surface area is 230 Å². The summed E-state index contributed by atoms with van der Waals surface area (Å²) in [6, 6.07) is 14.2. The van der Waals surface area contributed by atoms with Crippen LogP contribution in [0.5, 0.6) is 0 Å². The van der Waals surface area contributed by atoms with E-state index in [0.29, 0.717) is 12.8 Å². The van der Waals surface area contributed by atoms with Gasteiger partial charge in [0.15, 0.2) is 10.3 Å². The summed E-state index contributed by atoms with van der Waals surface area (Å²) >= 11 is 6.68. The molecule has 0 unspecified atom stereocenters. The standard InChI is InChI=1S/C26H18F2O4S5/c27-21-7-5-15(34-21)19-11-13(1-9-23(29)30)25(36-19)17-3-4-18(33-17)26-14(2-10-24(31)32)12-20(37-26)16-6-8-22(28)35-16/h3-8,11-12H,1-2,9-10H2,(H,29,30)(H,31,32). The van der Waals surface area contributed by atoms with E-state index in [1.54, 1.807) is 23.5 Å². The Morgan fingerprint density at radius 2 is 0.973 bits per heavy atom. The third-order valence-electron chi connectivity index (χ3n) is 5.52. The smallest absolute Gasteiger partial charge is 0.303 e. The van der Waals surface area contributed by atoms with Crippen LogP contribution >= 0.6 is 56.7 Å². The van der Waals surface area contributed by atoms with Crippen molar-refractivity contribution in [2.75, 3.05) is 0 Å². The second-order valence-corrected chi connectivity index (χ2v) is 13.3. The monoisotopic (exact) mass is 592 g/mol. The van der Waals surface area contributed by atoms with Crippen LogP contribution in [0.3, 0.4) is 0 Å². The average molecular weight is 593 g/mol. The summed E-state index contributed by atoms with van der Waals surface area (Å²) < 4.78 is 27.3. The highest BCUT2D eigenvalue weighted by atomic mass is 32.1. The molecule has 4 nitrogen and oxygen atoms in total. The summed E-state index contributed by atoms with van der Waals surface area (Å²) in [5.41, 5.74) is 1.80. The highest BCUT2D eigenvalue weighted by molar-refractivity contribution is 7.29. The lowest BCUT2D eigenvalue weighted by atomic mass is 10.1. The molecule has 5 aromatic rings. The van der Waals surface area contributed by atoms with Crippen LogP contribution in [0.1, 0.15) is 24.0 Å². The van der Waals surface area contributed by atoms with E-state index in [1.807, 2.05) is 24.3 Å². The van der Waals surface area contributed by atoms with Crippen molar-refractivity contribution in [3.63, 3.8) is 0 Å². The zero-order chi connectivity index (χ0) is 26.1. The van der Waals surface area contributed by atoms with Crippen LogP contribution in [-0.2, 0) is 22.4 Å². The molecule has 0 aliphatic carbocycles. The lowest BCUT2D eigenvalue weighted by Crippen LogP contribution is -1.97. The first-order valence-corrected chi connectivity index (χ1v) is 15.2.